The third kappa shape index (κ3) is 3.15. The lowest BCUT2D eigenvalue weighted by Gasteiger charge is -2.24. The summed E-state index contributed by atoms with van der Waals surface area (Å²) in [5.74, 6) is 0.501. The van der Waals surface area contributed by atoms with Gasteiger partial charge in [-0.1, -0.05) is 6.42 Å². The topological polar surface area (TPSA) is 62.1 Å². The minimum Gasteiger partial charge on any atom is -0.473 e. The predicted molar refractivity (Wildman–Crippen MR) is 86.7 cm³/mol. The van der Waals surface area contributed by atoms with Crippen molar-refractivity contribution in [3.8, 4) is 5.88 Å². The van der Waals surface area contributed by atoms with Crippen LogP contribution in [0.3, 0.4) is 0 Å². The van der Waals surface area contributed by atoms with E-state index in [4.69, 9.17) is 21.1 Å². The Kier molecular flexibility index (Phi) is 4.35. The summed E-state index contributed by atoms with van der Waals surface area (Å²) in [4.78, 5) is 13.1. The Morgan fingerprint density at radius 2 is 1.91 bits per heavy atom. The Hall–Kier alpha value is -1.40. The van der Waals surface area contributed by atoms with E-state index in [9.17, 15) is 0 Å². The molecule has 0 spiro atoms. The van der Waals surface area contributed by atoms with Gasteiger partial charge in [0.25, 0.3) is 0 Å². The molecule has 1 atom stereocenters. The lowest BCUT2D eigenvalue weighted by Crippen LogP contribution is -2.20. The van der Waals surface area contributed by atoms with Crippen molar-refractivity contribution in [2.45, 2.75) is 63.7 Å². The van der Waals surface area contributed by atoms with Crippen molar-refractivity contribution in [3.63, 3.8) is 0 Å². The second-order valence-corrected chi connectivity index (χ2v) is 6.66. The minimum absolute atomic E-state index is 0.0257. The molecule has 6 nitrogen and oxygen atoms in total. The highest BCUT2D eigenvalue weighted by Gasteiger charge is 2.23. The molecule has 0 amide bonds. The molecule has 7 heteroatoms. The van der Waals surface area contributed by atoms with Crippen LogP contribution >= 0.6 is 11.6 Å². The third-order valence-corrected chi connectivity index (χ3v) is 4.83. The van der Waals surface area contributed by atoms with Crippen LogP contribution in [0, 0.1) is 0 Å². The summed E-state index contributed by atoms with van der Waals surface area (Å²) < 4.78 is 13.9. The second kappa shape index (κ2) is 6.61. The van der Waals surface area contributed by atoms with E-state index in [-0.39, 0.29) is 17.6 Å². The quantitative estimate of drug-likeness (QED) is 0.796. The summed E-state index contributed by atoms with van der Waals surface area (Å²) in [5, 5.41) is 0.195. The summed E-state index contributed by atoms with van der Waals surface area (Å²) in [6.07, 6.45) is 11.0. The van der Waals surface area contributed by atoms with Crippen LogP contribution in [-0.2, 0) is 4.74 Å². The van der Waals surface area contributed by atoms with Gasteiger partial charge in [-0.25, -0.2) is 4.98 Å². The lowest BCUT2D eigenvalue weighted by molar-refractivity contribution is -0.0298. The number of aromatic nitrogens is 4. The molecule has 2 aliphatic rings. The van der Waals surface area contributed by atoms with Gasteiger partial charge in [-0.05, 0) is 56.5 Å². The van der Waals surface area contributed by atoms with Crippen molar-refractivity contribution in [2.75, 3.05) is 6.61 Å². The highest BCUT2D eigenvalue weighted by molar-refractivity contribution is 6.28. The van der Waals surface area contributed by atoms with E-state index in [0.717, 1.165) is 38.7 Å². The van der Waals surface area contributed by atoms with Crippen LogP contribution in [0.15, 0.2) is 6.33 Å². The first-order valence-corrected chi connectivity index (χ1v) is 8.87. The molecule has 1 unspecified atom stereocenters. The van der Waals surface area contributed by atoms with Gasteiger partial charge in [-0.3, -0.25) is 4.57 Å². The maximum atomic E-state index is 6.13. The van der Waals surface area contributed by atoms with Gasteiger partial charge in [0.2, 0.25) is 11.2 Å². The Balaban J connectivity index is 1.66. The van der Waals surface area contributed by atoms with Gasteiger partial charge in [0.1, 0.15) is 12.3 Å². The summed E-state index contributed by atoms with van der Waals surface area (Å²) >= 11 is 6.13. The standard InChI is InChI=1S/C16H21ClN4O2/c17-16-19-14-13(15(20-16)23-11-6-2-1-3-7-11)18-10-21(14)12-8-4-5-9-22-12/h10-12H,1-9H2. The van der Waals surface area contributed by atoms with Crippen LogP contribution < -0.4 is 4.74 Å². The van der Waals surface area contributed by atoms with Gasteiger partial charge in [0.05, 0.1) is 6.33 Å². The number of rotatable bonds is 3. The van der Waals surface area contributed by atoms with Gasteiger partial charge in [-0.15, -0.1) is 0 Å². The summed E-state index contributed by atoms with van der Waals surface area (Å²) in [6.45, 7) is 0.772. The van der Waals surface area contributed by atoms with Crippen molar-refractivity contribution in [1.29, 1.82) is 0 Å². The molecule has 23 heavy (non-hydrogen) atoms. The SMILES string of the molecule is Clc1nc(OC2CCCCC2)c2ncn(C3CCCCO3)c2n1. The van der Waals surface area contributed by atoms with Crippen molar-refractivity contribution in [2.24, 2.45) is 0 Å². The Bertz CT molecular complexity index is 678. The number of halogens is 1. The van der Waals surface area contributed by atoms with Crippen molar-refractivity contribution in [3.05, 3.63) is 11.6 Å². The summed E-state index contributed by atoms with van der Waals surface area (Å²) in [5.41, 5.74) is 1.37. The predicted octanol–water partition coefficient (Wildman–Crippen LogP) is 3.89. The maximum Gasteiger partial charge on any atom is 0.247 e. The first-order valence-electron chi connectivity index (χ1n) is 8.49. The van der Waals surface area contributed by atoms with E-state index in [0.29, 0.717) is 17.0 Å². The minimum atomic E-state index is -0.0257. The van der Waals surface area contributed by atoms with E-state index in [2.05, 4.69) is 15.0 Å². The monoisotopic (exact) mass is 336 g/mol. The molecule has 1 saturated carbocycles. The zero-order valence-corrected chi connectivity index (χ0v) is 13.8. The molecule has 124 valence electrons. The van der Waals surface area contributed by atoms with Crippen molar-refractivity contribution < 1.29 is 9.47 Å². The van der Waals surface area contributed by atoms with Crippen LogP contribution in [0.25, 0.3) is 11.2 Å². The summed E-state index contributed by atoms with van der Waals surface area (Å²) in [6, 6.07) is 0. The smallest absolute Gasteiger partial charge is 0.247 e. The molecule has 2 aromatic heterocycles. The molecule has 0 radical (unpaired) electrons. The van der Waals surface area contributed by atoms with Gasteiger partial charge < -0.3 is 9.47 Å². The normalized spacial score (nSPS) is 23.3. The number of imidazole rings is 1. The van der Waals surface area contributed by atoms with Crippen molar-refractivity contribution in [1.82, 2.24) is 19.5 Å². The van der Waals surface area contributed by atoms with Crippen LogP contribution in [0.4, 0.5) is 0 Å². The fourth-order valence-electron chi connectivity index (χ4n) is 3.44. The maximum absolute atomic E-state index is 6.13. The zero-order valence-electron chi connectivity index (χ0n) is 13.1. The Morgan fingerprint density at radius 3 is 2.70 bits per heavy atom. The largest absolute Gasteiger partial charge is 0.473 e. The molecule has 3 heterocycles. The average Bonchev–Trinajstić information content (AvgIpc) is 3.00. The fraction of sp³-hybridized carbons (Fsp3) is 0.688. The number of hydrogen-bond acceptors (Lipinski definition) is 5. The lowest BCUT2D eigenvalue weighted by atomic mass is 9.98. The Labute approximate surface area is 140 Å². The highest BCUT2D eigenvalue weighted by atomic mass is 35.5. The van der Waals surface area contributed by atoms with Gasteiger partial charge in [0.15, 0.2) is 11.2 Å². The molecular weight excluding hydrogens is 316 g/mol. The van der Waals surface area contributed by atoms with E-state index < -0.39 is 0 Å². The number of nitrogens with zero attached hydrogens (tertiary/aromatic N) is 4. The van der Waals surface area contributed by atoms with Crippen molar-refractivity contribution >= 4 is 22.8 Å². The van der Waals surface area contributed by atoms with Crippen LogP contribution in [0.5, 0.6) is 5.88 Å². The summed E-state index contributed by atoms with van der Waals surface area (Å²) in [7, 11) is 0. The molecule has 1 aliphatic carbocycles. The first-order chi connectivity index (χ1) is 11.3. The molecule has 0 aromatic carbocycles. The zero-order chi connectivity index (χ0) is 15.6. The number of fused-ring (bicyclic) bond motifs is 1. The highest BCUT2D eigenvalue weighted by Crippen LogP contribution is 2.31. The van der Waals surface area contributed by atoms with E-state index in [1.807, 2.05) is 4.57 Å². The molecule has 2 aromatic rings. The molecule has 0 N–H and O–H groups in total. The van der Waals surface area contributed by atoms with Crippen LogP contribution in [0.1, 0.15) is 57.6 Å². The van der Waals surface area contributed by atoms with E-state index >= 15 is 0 Å². The van der Waals surface area contributed by atoms with Crippen LogP contribution in [0.2, 0.25) is 5.28 Å². The third-order valence-electron chi connectivity index (χ3n) is 4.66. The molecular formula is C16H21ClN4O2. The van der Waals surface area contributed by atoms with Gasteiger partial charge >= 0.3 is 0 Å². The molecule has 1 aliphatic heterocycles. The van der Waals surface area contributed by atoms with Gasteiger partial charge in [-0.2, -0.15) is 9.97 Å². The average molecular weight is 337 g/mol. The van der Waals surface area contributed by atoms with Crippen LogP contribution in [-0.4, -0.2) is 32.2 Å². The molecule has 2 fully saturated rings. The first kappa shape index (κ1) is 15.1. The molecule has 0 bridgehead atoms. The molecule has 4 rings (SSSR count). The second-order valence-electron chi connectivity index (χ2n) is 6.32. The van der Waals surface area contributed by atoms with Gasteiger partial charge in [0, 0.05) is 6.61 Å². The van der Waals surface area contributed by atoms with E-state index in [1.54, 1.807) is 6.33 Å². The van der Waals surface area contributed by atoms with E-state index in [1.165, 1.54) is 19.3 Å². The Morgan fingerprint density at radius 1 is 1.09 bits per heavy atom. The number of ether oxygens (including phenoxy) is 2. The number of hydrogen-bond donors (Lipinski definition) is 0. The fourth-order valence-corrected chi connectivity index (χ4v) is 3.60. The molecule has 1 saturated heterocycles.